The molecular formula is C20H16F3N5O2. The minimum Gasteiger partial charge on any atom is -0.368 e. The lowest BCUT2D eigenvalue weighted by atomic mass is 10.0. The Labute approximate surface area is 169 Å². The molecule has 1 heterocycles. The van der Waals surface area contributed by atoms with Gasteiger partial charge in [0.15, 0.2) is 0 Å². The topological polar surface area (TPSA) is 110 Å². The maximum atomic E-state index is 12.9. The van der Waals surface area contributed by atoms with Crippen molar-refractivity contribution < 1.29 is 22.8 Å². The van der Waals surface area contributed by atoms with E-state index in [1.54, 1.807) is 25.1 Å². The molecule has 0 fully saturated rings. The van der Waals surface area contributed by atoms with Crippen molar-refractivity contribution in [2.45, 2.75) is 13.1 Å². The van der Waals surface area contributed by atoms with Crippen LogP contribution in [0.1, 0.15) is 31.8 Å². The molecule has 0 saturated carbocycles. The quantitative estimate of drug-likeness (QED) is 0.599. The van der Waals surface area contributed by atoms with E-state index < -0.39 is 23.6 Å². The maximum absolute atomic E-state index is 12.9. The van der Waals surface area contributed by atoms with Gasteiger partial charge in [-0.2, -0.15) is 13.2 Å². The molecule has 0 radical (unpaired) electrons. The molecule has 4 N–H and O–H groups in total. The van der Waals surface area contributed by atoms with Crippen molar-refractivity contribution >= 4 is 29.1 Å². The predicted octanol–water partition coefficient (Wildman–Crippen LogP) is 3.89. The minimum absolute atomic E-state index is 0.0588. The third kappa shape index (κ3) is 4.72. The molecule has 0 spiro atoms. The van der Waals surface area contributed by atoms with E-state index in [1.165, 1.54) is 18.5 Å². The van der Waals surface area contributed by atoms with E-state index in [0.29, 0.717) is 16.9 Å². The average molecular weight is 415 g/mol. The Bertz CT molecular complexity index is 1100. The van der Waals surface area contributed by atoms with Crippen LogP contribution in [-0.4, -0.2) is 21.8 Å². The van der Waals surface area contributed by atoms with Crippen molar-refractivity contribution in [1.29, 1.82) is 0 Å². The summed E-state index contributed by atoms with van der Waals surface area (Å²) in [4.78, 5) is 32.5. The molecule has 0 atom stereocenters. The van der Waals surface area contributed by atoms with Gasteiger partial charge in [0.2, 0.25) is 5.95 Å². The molecule has 7 nitrogen and oxygen atoms in total. The first kappa shape index (κ1) is 20.8. The monoisotopic (exact) mass is 415 g/mol. The van der Waals surface area contributed by atoms with Crippen LogP contribution >= 0.6 is 0 Å². The number of hydrogen-bond acceptors (Lipinski definition) is 5. The number of rotatable bonds is 4. The Morgan fingerprint density at radius 3 is 2.30 bits per heavy atom. The Hall–Kier alpha value is -3.95. The third-order valence-electron chi connectivity index (χ3n) is 4.21. The molecule has 1 aromatic heterocycles. The first-order chi connectivity index (χ1) is 14.1. The van der Waals surface area contributed by atoms with Gasteiger partial charge in [-0.05, 0) is 42.8 Å². The van der Waals surface area contributed by atoms with Crippen LogP contribution in [0.2, 0.25) is 0 Å². The van der Waals surface area contributed by atoms with Gasteiger partial charge in [-0.3, -0.25) is 9.59 Å². The van der Waals surface area contributed by atoms with Gasteiger partial charge in [0.1, 0.15) is 0 Å². The van der Waals surface area contributed by atoms with E-state index in [0.717, 1.165) is 18.2 Å². The summed E-state index contributed by atoms with van der Waals surface area (Å²) in [6, 6.07) is 8.72. The lowest BCUT2D eigenvalue weighted by molar-refractivity contribution is -0.137. The van der Waals surface area contributed by atoms with Crippen LogP contribution in [0.4, 0.5) is 30.5 Å². The van der Waals surface area contributed by atoms with Crippen molar-refractivity contribution in [3.63, 3.8) is 0 Å². The summed E-state index contributed by atoms with van der Waals surface area (Å²) in [5.74, 6) is -1.15. The molecule has 0 bridgehead atoms. The molecule has 0 aliphatic heterocycles. The maximum Gasteiger partial charge on any atom is 0.416 e. The fourth-order valence-electron chi connectivity index (χ4n) is 2.65. The fourth-order valence-corrected chi connectivity index (χ4v) is 2.65. The summed E-state index contributed by atoms with van der Waals surface area (Å²) in [7, 11) is 0. The van der Waals surface area contributed by atoms with Crippen LogP contribution in [-0.2, 0) is 6.18 Å². The fraction of sp³-hybridized carbons (Fsp3) is 0.100. The van der Waals surface area contributed by atoms with Crippen LogP contribution in [0.5, 0.6) is 0 Å². The number of halogens is 3. The highest BCUT2D eigenvalue weighted by atomic mass is 19.4. The Morgan fingerprint density at radius 1 is 0.967 bits per heavy atom. The first-order valence-electron chi connectivity index (χ1n) is 8.62. The van der Waals surface area contributed by atoms with Crippen molar-refractivity contribution in [3.8, 4) is 0 Å². The highest BCUT2D eigenvalue weighted by Crippen LogP contribution is 2.30. The number of anilines is 3. The zero-order valence-corrected chi connectivity index (χ0v) is 15.6. The Morgan fingerprint density at radius 2 is 1.63 bits per heavy atom. The average Bonchev–Trinajstić information content (AvgIpc) is 2.70. The third-order valence-corrected chi connectivity index (χ3v) is 4.21. The molecule has 3 aromatic rings. The van der Waals surface area contributed by atoms with E-state index in [4.69, 9.17) is 5.73 Å². The second-order valence-electron chi connectivity index (χ2n) is 6.29. The summed E-state index contributed by atoms with van der Waals surface area (Å²) < 4.78 is 38.6. The molecule has 0 aliphatic carbocycles. The smallest absolute Gasteiger partial charge is 0.368 e. The number of alkyl halides is 3. The lowest BCUT2D eigenvalue weighted by Crippen LogP contribution is -2.17. The number of carbonyl (C=O) groups excluding carboxylic acids is 2. The van der Waals surface area contributed by atoms with Crippen molar-refractivity contribution in [2.24, 2.45) is 0 Å². The molecule has 30 heavy (non-hydrogen) atoms. The second kappa shape index (κ2) is 8.19. The molecular weight excluding hydrogens is 399 g/mol. The van der Waals surface area contributed by atoms with Gasteiger partial charge in [-0.1, -0.05) is 12.1 Å². The summed E-state index contributed by atoms with van der Waals surface area (Å²) >= 11 is 0. The molecule has 0 unspecified atom stereocenters. The molecule has 0 saturated heterocycles. The molecule has 10 heteroatoms. The van der Waals surface area contributed by atoms with Crippen LogP contribution in [0.3, 0.4) is 0 Å². The van der Waals surface area contributed by atoms with Crippen molar-refractivity contribution in [2.75, 3.05) is 16.4 Å². The number of carbonyl (C=O) groups is 2. The van der Waals surface area contributed by atoms with Gasteiger partial charge in [0, 0.05) is 16.8 Å². The number of nitrogens with two attached hydrogens (primary N) is 1. The molecule has 0 aliphatic rings. The van der Waals surface area contributed by atoms with Gasteiger partial charge in [0.05, 0.1) is 23.6 Å². The van der Waals surface area contributed by atoms with E-state index >= 15 is 0 Å². The number of nitrogens with one attached hydrogen (secondary N) is 2. The highest BCUT2D eigenvalue weighted by Gasteiger charge is 2.31. The number of hydrogen-bond donors (Lipinski definition) is 3. The van der Waals surface area contributed by atoms with Crippen molar-refractivity contribution in [1.82, 2.24) is 9.97 Å². The zero-order valence-electron chi connectivity index (χ0n) is 15.6. The normalized spacial score (nSPS) is 11.1. The zero-order chi connectivity index (χ0) is 21.9. The number of amides is 2. The first-order valence-corrected chi connectivity index (χ1v) is 8.62. The van der Waals surface area contributed by atoms with Gasteiger partial charge in [-0.25, -0.2) is 9.97 Å². The van der Waals surface area contributed by atoms with E-state index in [-0.39, 0.29) is 17.1 Å². The van der Waals surface area contributed by atoms with Crippen molar-refractivity contribution in [3.05, 3.63) is 77.1 Å². The van der Waals surface area contributed by atoms with Gasteiger partial charge >= 0.3 is 6.18 Å². The Balaban J connectivity index is 1.80. The summed E-state index contributed by atoms with van der Waals surface area (Å²) in [5.41, 5.74) is 5.63. The number of aromatic nitrogens is 2. The van der Waals surface area contributed by atoms with E-state index in [1.807, 2.05) is 0 Å². The van der Waals surface area contributed by atoms with Gasteiger partial charge < -0.3 is 16.4 Å². The molecule has 2 aromatic carbocycles. The number of benzene rings is 2. The van der Waals surface area contributed by atoms with Crippen LogP contribution in [0, 0.1) is 6.92 Å². The molecule has 2 amide bonds. The van der Waals surface area contributed by atoms with Gasteiger partial charge in [-0.15, -0.1) is 0 Å². The Kier molecular flexibility index (Phi) is 5.67. The van der Waals surface area contributed by atoms with E-state index in [9.17, 15) is 22.8 Å². The summed E-state index contributed by atoms with van der Waals surface area (Å²) in [6.07, 6.45) is -1.88. The van der Waals surface area contributed by atoms with Crippen LogP contribution in [0.25, 0.3) is 0 Å². The minimum atomic E-state index is -4.56. The SMILES string of the molecule is Cc1c(NC(=O)c2cccc(C(F)(F)F)c2)cccc1C(=O)Nc1cnc(N)nc1. The predicted molar refractivity (Wildman–Crippen MR) is 105 cm³/mol. The molecule has 154 valence electrons. The van der Waals surface area contributed by atoms with Gasteiger partial charge in [0.25, 0.3) is 11.8 Å². The number of nitrogens with zero attached hydrogens (tertiary/aromatic N) is 2. The lowest BCUT2D eigenvalue weighted by Gasteiger charge is -2.13. The standard InChI is InChI=1S/C20H16F3N5O2/c1-11-15(18(30)27-14-9-25-19(24)26-10-14)6-3-7-16(11)28-17(29)12-4-2-5-13(8-12)20(21,22)23/h2-10H,1H3,(H,27,30)(H,28,29)(H2,24,25,26). The molecule has 3 rings (SSSR count). The summed E-state index contributed by atoms with van der Waals surface area (Å²) in [5, 5.41) is 5.15. The van der Waals surface area contributed by atoms with Crippen LogP contribution < -0.4 is 16.4 Å². The largest absolute Gasteiger partial charge is 0.416 e. The second-order valence-corrected chi connectivity index (χ2v) is 6.29. The number of nitrogen functional groups attached to an aromatic ring is 1. The summed E-state index contributed by atoms with van der Waals surface area (Å²) in [6.45, 7) is 1.61. The van der Waals surface area contributed by atoms with E-state index in [2.05, 4.69) is 20.6 Å². The highest BCUT2D eigenvalue weighted by molar-refractivity contribution is 6.08. The van der Waals surface area contributed by atoms with Crippen LogP contribution in [0.15, 0.2) is 54.9 Å².